The van der Waals surface area contributed by atoms with Gasteiger partial charge in [0.1, 0.15) is 18.1 Å². The summed E-state index contributed by atoms with van der Waals surface area (Å²) in [6.07, 6.45) is 0.877. The average molecular weight is 518 g/mol. The van der Waals surface area contributed by atoms with Gasteiger partial charge in [-0.25, -0.2) is 0 Å². The molecule has 0 saturated carbocycles. The van der Waals surface area contributed by atoms with Gasteiger partial charge >= 0.3 is 0 Å². The third-order valence-corrected chi connectivity index (χ3v) is 11.5. The topological polar surface area (TPSA) is 27.7 Å². The molecule has 3 nitrogen and oxygen atoms in total. The standard InChI is InChI=1S/C28H34Cl2O3Si/c1-28(2,3)34(4,5)33-17-7-16-31-25-9-6-8-23(19-25)22-11-13-24(14-12-22)32-20-21-10-15-26(29)27(30)18-21/h6,8-15,18-19H,7,16-17,20H2,1-5H3. The molecule has 0 unspecified atom stereocenters. The van der Waals surface area contributed by atoms with E-state index in [4.69, 9.17) is 37.1 Å². The number of benzene rings is 3. The zero-order chi connectivity index (χ0) is 24.8. The molecule has 0 bridgehead atoms. The van der Waals surface area contributed by atoms with Gasteiger partial charge in [-0.3, -0.25) is 0 Å². The molecule has 0 amide bonds. The lowest BCUT2D eigenvalue weighted by atomic mass is 10.1. The zero-order valence-electron chi connectivity index (χ0n) is 20.7. The fraction of sp³-hybridized carbons (Fsp3) is 0.357. The highest BCUT2D eigenvalue weighted by Crippen LogP contribution is 2.36. The van der Waals surface area contributed by atoms with Crippen molar-refractivity contribution in [2.75, 3.05) is 13.2 Å². The van der Waals surface area contributed by atoms with Gasteiger partial charge in [-0.05, 0) is 71.2 Å². The summed E-state index contributed by atoms with van der Waals surface area (Å²) in [7, 11) is -1.70. The molecule has 34 heavy (non-hydrogen) atoms. The summed E-state index contributed by atoms with van der Waals surface area (Å²) in [5, 5.41) is 1.30. The second kappa shape index (κ2) is 11.6. The van der Waals surface area contributed by atoms with Crippen molar-refractivity contribution in [2.45, 2.75) is 51.9 Å². The minimum absolute atomic E-state index is 0.229. The molecular formula is C28H34Cl2O3Si. The van der Waals surface area contributed by atoms with Crippen LogP contribution in [0.1, 0.15) is 32.8 Å². The molecule has 0 spiro atoms. The molecule has 0 fully saturated rings. The van der Waals surface area contributed by atoms with Gasteiger partial charge in [-0.2, -0.15) is 0 Å². The molecule has 0 aliphatic carbocycles. The first-order chi connectivity index (χ1) is 16.0. The fourth-order valence-electron chi connectivity index (χ4n) is 3.10. The summed E-state index contributed by atoms with van der Waals surface area (Å²) >= 11 is 12.0. The van der Waals surface area contributed by atoms with Crippen LogP contribution in [0.25, 0.3) is 11.1 Å². The number of halogens is 2. The summed E-state index contributed by atoms with van der Waals surface area (Å²) in [6.45, 7) is 13.1. The summed E-state index contributed by atoms with van der Waals surface area (Å²) in [5.74, 6) is 1.66. The van der Waals surface area contributed by atoms with Crippen LogP contribution >= 0.6 is 23.2 Å². The Morgan fingerprint density at radius 2 is 1.47 bits per heavy atom. The van der Waals surface area contributed by atoms with Gasteiger partial charge in [0.05, 0.1) is 16.7 Å². The molecule has 0 aliphatic heterocycles. The van der Waals surface area contributed by atoms with Gasteiger partial charge in [-0.1, -0.05) is 74.3 Å². The SMILES string of the molecule is CC(C)(C)[Si](C)(C)OCCCOc1cccc(-c2ccc(OCc3ccc(Cl)c(Cl)c3)cc2)c1. The molecule has 3 rings (SSSR count). The molecule has 182 valence electrons. The zero-order valence-corrected chi connectivity index (χ0v) is 23.2. The van der Waals surface area contributed by atoms with Gasteiger partial charge in [0.2, 0.25) is 0 Å². The molecule has 6 heteroatoms. The van der Waals surface area contributed by atoms with E-state index >= 15 is 0 Å². The van der Waals surface area contributed by atoms with Crippen LogP contribution in [0.3, 0.4) is 0 Å². The first kappa shape index (κ1) is 26.6. The Kier molecular flexibility index (Phi) is 9.11. The second-order valence-electron chi connectivity index (χ2n) is 9.90. The summed E-state index contributed by atoms with van der Waals surface area (Å²) in [5.41, 5.74) is 3.18. The van der Waals surface area contributed by atoms with Crippen molar-refractivity contribution in [1.29, 1.82) is 0 Å². The predicted octanol–water partition coefficient (Wildman–Crippen LogP) is 9.03. The largest absolute Gasteiger partial charge is 0.493 e. The maximum absolute atomic E-state index is 6.23. The molecule has 3 aromatic carbocycles. The minimum atomic E-state index is -1.70. The molecule has 3 aromatic rings. The maximum atomic E-state index is 6.23. The summed E-state index contributed by atoms with van der Waals surface area (Å²) < 4.78 is 18.1. The second-order valence-corrected chi connectivity index (χ2v) is 15.5. The van der Waals surface area contributed by atoms with E-state index in [2.05, 4.69) is 58.1 Å². The van der Waals surface area contributed by atoms with E-state index in [-0.39, 0.29) is 5.04 Å². The number of hydrogen-bond donors (Lipinski definition) is 0. The van der Waals surface area contributed by atoms with Crippen LogP contribution in [-0.2, 0) is 11.0 Å². The van der Waals surface area contributed by atoms with Gasteiger partial charge in [0, 0.05) is 13.0 Å². The predicted molar refractivity (Wildman–Crippen MR) is 146 cm³/mol. The highest BCUT2D eigenvalue weighted by Gasteiger charge is 2.36. The van der Waals surface area contributed by atoms with Gasteiger partial charge in [0.15, 0.2) is 8.32 Å². The van der Waals surface area contributed by atoms with Crippen molar-refractivity contribution in [1.82, 2.24) is 0 Å². The molecule has 0 atom stereocenters. The fourth-order valence-corrected chi connectivity index (χ4v) is 4.51. The smallest absolute Gasteiger partial charge is 0.191 e. The summed E-state index contributed by atoms with van der Waals surface area (Å²) in [6, 6.07) is 21.7. The highest BCUT2D eigenvalue weighted by atomic mass is 35.5. The highest BCUT2D eigenvalue weighted by molar-refractivity contribution is 6.74. The Morgan fingerprint density at radius 1 is 0.735 bits per heavy atom. The Hall–Kier alpha value is -1.98. The van der Waals surface area contributed by atoms with Crippen LogP contribution in [0, 0.1) is 0 Å². The van der Waals surface area contributed by atoms with Crippen LogP contribution in [0.2, 0.25) is 28.2 Å². The lowest BCUT2D eigenvalue weighted by Crippen LogP contribution is -2.41. The molecule has 0 saturated heterocycles. The van der Waals surface area contributed by atoms with E-state index in [1.807, 2.05) is 36.4 Å². The van der Waals surface area contributed by atoms with E-state index in [1.165, 1.54) is 0 Å². The Bertz CT molecular complexity index is 1080. The van der Waals surface area contributed by atoms with Crippen LogP contribution in [-0.4, -0.2) is 21.5 Å². The number of rotatable bonds is 10. The maximum Gasteiger partial charge on any atom is 0.191 e. The number of hydrogen-bond acceptors (Lipinski definition) is 3. The van der Waals surface area contributed by atoms with E-state index in [1.54, 1.807) is 6.07 Å². The third-order valence-electron chi connectivity index (χ3n) is 6.24. The van der Waals surface area contributed by atoms with Gasteiger partial charge in [-0.15, -0.1) is 0 Å². The third kappa shape index (κ3) is 7.51. The molecule has 0 aromatic heterocycles. The van der Waals surface area contributed by atoms with Crippen molar-refractivity contribution < 1.29 is 13.9 Å². The van der Waals surface area contributed by atoms with Crippen LogP contribution in [0.15, 0.2) is 66.7 Å². The normalized spacial score (nSPS) is 12.0. The molecular weight excluding hydrogens is 483 g/mol. The van der Waals surface area contributed by atoms with Crippen molar-refractivity contribution in [3.8, 4) is 22.6 Å². The van der Waals surface area contributed by atoms with Crippen LogP contribution < -0.4 is 9.47 Å². The van der Waals surface area contributed by atoms with E-state index in [9.17, 15) is 0 Å². The molecule has 0 aliphatic rings. The van der Waals surface area contributed by atoms with E-state index in [0.717, 1.165) is 41.2 Å². The van der Waals surface area contributed by atoms with Crippen molar-refractivity contribution in [3.63, 3.8) is 0 Å². The molecule has 0 radical (unpaired) electrons. The minimum Gasteiger partial charge on any atom is -0.493 e. The Labute approximate surface area is 215 Å². The van der Waals surface area contributed by atoms with Crippen molar-refractivity contribution >= 4 is 31.5 Å². The van der Waals surface area contributed by atoms with E-state index < -0.39 is 8.32 Å². The quantitative estimate of drug-likeness (QED) is 0.198. The lowest BCUT2D eigenvalue weighted by molar-refractivity contribution is 0.234. The van der Waals surface area contributed by atoms with Gasteiger partial charge < -0.3 is 13.9 Å². The lowest BCUT2D eigenvalue weighted by Gasteiger charge is -2.36. The Balaban J connectivity index is 1.50. The van der Waals surface area contributed by atoms with Crippen LogP contribution in [0.5, 0.6) is 11.5 Å². The average Bonchev–Trinajstić information content (AvgIpc) is 2.79. The van der Waals surface area contributed by atoms with Gasteiger partial charge in [0.25, 0.3) is 0 Å². The van der Waals surface area contributed by atoms with Crippen molar-refractivity contribution in [2.24, 2.45) is 0 Å². The summed E-state index contributed by atoms with van der Waals surface area (Å²) in [4.78, 5) is 0. The molecule has 0 N–H and O–H groups in total. The first-order valence-corrected chi connectivity index (χ1v) is 15.3. The monoisotopic (exact) mass is 516 g/mol. The Morgan fingerprint density at radius 3 is 2.15 bits per heavy atom. The number of ether oxygens (including phenoxy) is 2. The van der Waals surface area contributed by atoms with Crippen LogP contribution in [0.4, 0.5) is 0 Å². The first-order valence-electron chi connectivity index (χ1n) is 11.6. The van der Waals surface area contributed by atoms with Crippen molar-refractivity contribution in [3.05, 3.63) is 82.3 Å². The van der Waals surface area contributed by atoms with E-state index in [0.29, 0.717) is 23.3 Å². The molecule has 0 heterocycles.